The first kappa shape index (κ1) is 20.3. The first-order valence-corrected chi connectivity index (χ1v) is 10.8. The van der Waals surface area contributed by atoms with Gasteiger partial charge in [-0.1, -0.05) is 0 Å². The van der Waals surface area contributed by atoms with Crippen molar-refractivity contribution in [3.63, 3.8) is 0 Å². The molecule has 0 radical (unpaired) electrons. The molecular weight excluding hydrogens is 378 g/mol. The maximum absolute atomic E-state index is 13.0. The number of benzene rings is 1. The molecular formula is C19H27N5O3S. The van der Waals surface area contributed by atoms with Crippen LogP contribution in [0.25, 0.3) is 0 Å². The maximum atomic E-state index is 13.0. The first-order chi connectivity index (χ1) is 13.3. The SMILES string of the molecule is CCOc1ccc(S(=O)(=O)N2CCN(c3ccc(N(C)C)nn3)CC2)cc1C. The molecule has 0 N–H and O–H groups in total. The van der Waals surface area contributed by atoms with E-state index in [-0.39, 0.29) is 0 Å². The predicted octanol–water partition coefficient (Wildman–Crippen LogP) is 1.76. The van der Waals surface area contributed by atoms with Gasteiger partial charge in [0, 0.05) is 40.3 Å². The van der Waals surface area contributed by atoms with E-state index in [0.29, 0.717) is 43.4 Å². The predicted molar refractivity (Wildman–Crippen MR) is 110 cm³/mol. The molecule has 0 unspecified atom stereocenters. The number of aryl methyl sites for hydroxylation is 1. The van der Waals surface area contributed by atoms with Crippen LogP contribution < -0.4 is 14.5 Å². The van der Waals surface area contributed by atoms with E-state index in [1.807, 2.05) is 45.0 Å². The van der Waals surface area contributed by atoms with Gasteiger partial charge in [-0.15, -0.1) is 10.2 Å². The number of piperazine rings is 1. The highest BCUT2D eigenvalue weighted by Gasteiger charge is 2.29. The summed E-state index contributed by atoms with van der Waals surface area (Å²) >= 11 is 0. The lowest BCUT2D eigenvalue weighted by Gasteiger charge is -2.34. The van der Waals surface area contributed by atoms with Crippen LogP contribution in [0.3, 0.4) is 0 Å². The van der Waals surface area contributed by atoms with Crippen molar-refractivity contribution in [1.82, 2.24) is 14.5 Å². The Morgan fingerprint density at radius 2 is 1.79 bits per heavy atom. The van der Waals surface area contributed by atoms with Gasteiger partial charge in [0.2, 0.25) is 10.0 Å². The van der Waals surface area contributed by atoms with E-state index in [9.17, 15) is 8.42 Å². The minimum absolute atomic E-state index is 0.303. The lowest BCUT2D eigenvalue weighted by molar-refractivity contribution is 0.337. The largest absolute Gasteiger partial charge is 0.494 e. The monoisotopic (exact) mass is 405 g/mol. The third-order valence-electron chi connectivity index (χ3n) is 4.74. The van der Waals surface area contributed by atoms with Gasteiger partial charge in [-0.05, 0) is 49.7 Å². The Kier molecular flexibility index (Phi) is 6.04. The third kappa shape index (κ3) is 4.20. The lowest BCUT2D eigenvalue weighted by Crippen LogP contribution is -2.49. The van der Waals surface area contributed by atoms with Gasteiger partial charge in [-0.25, -0.2) is 8.42 Å². The van der Waals surface area contributed by atoms with Gasteiger partial charge in [0.15, 0.2) is 11.6 Å². The first-order valence-electron chi connectivity index (χ1n) is 9.32. The molecule has 1 aromatic heterocycles. The van der Waals surface area contributed by atoms with Crippen LogP contribution in [0.1, 0.15) is 12.5 Å². The highest BCUT2D eigenvalue weighted by molar-refractivity contribution is 7.89. The minimum Gasteiger partial charge on any atom is -0.494 e. The molecule has 1 fully saturated rings. The molecule has 2 aromatic rings. The van der Waals surface area contributed by atoms with Crippen LogP contribution in [0, 0.1) is 6.92 Å². The molecule has 0 spiro atoms. The summed E-state index contributed by atoms with van der Waals surface area (Å²) < 4.78 is 33.0. The summed E-state index contributed by atoms with van der Waals surface area (Å²) in [7, 11) is 0.294. The van der Waals surface area contributed by atoms with Gasteiger partial charge in [-0.3, -0.25) is 0 Å². The quantitative estimate of drug-likeness (QED) is 0.725. The average molecular weight is 406 g/mol. The molecule has 152 valence electrons. The third-order valence-corrected chi connectivity index (χ3v) is 6.64. The molecule has 1 aliphatic rings. The summed E-state index contributed by atoms with van der Waals surface area (Å²) in [6, 6.07) is 8.85. The van der Waals surface area contributed by atoms with Gasteiger partial charge in [0.05, 0.1) is 11.5 Å². The van der Waals surface area contributed by atoms with E-state index in [4.69, 9.17) is 4.74 Å². The Morgan fingerprint density at radius 1 is 1.07 bits per heavy atom. The topological polar surface area (TPSA) is 78.9 Å². The Hall–Kier alpha value is -2.39. The van der Waals surface area contributed by atoms with Crippen molar-refractivity contribution in [2.45, 2.75) is 18.7 Å². The van der Waals surface area contributed by atoms with E-state index in [1.165, 1.54) is 4.31 Å². The molecule has 1 saturated heterocycles. The van der Waals surface area contributed by atoms with E-state index in [0.717, 1.165) is 17.2 Å². The number of rotatable bonds is 6. The number of hydrogen-bond acceptors (Lipinski definition) is 7. The van der Waals surface area contributed by atoms with Gasteiger partial charge in [0.25, 0.3) is 0 Å². The number of ether oxygens (including phenoxy) is 1. The molecule has 3 rings (SSSR count). The smallest absolute Gasteiger partial charge is 0.243 e. The molecule has 28 heavy (non-hydrogen) atoms. The zero-order chi connectivity index (χ0) is 20.3. The fourth-order valence-electron chi connectivity index (χ4n) is 3.13. The Labute approximate surface area is 166 Å². The van der Waals surface area contributed by atoms with Crippen molar-refractivity contribution in [3.8, 4) is 5.75 Å². The molecule has 8 nitrogen and oxygen atoms in total. The van der Waals surface area contributed by atoms with Crippen molar-refractivity contribution in [2.24, 2.45) is 0 Å². The molecule has 0 atom stereocenters. The molecule has 0 saturated carbocycles. The number of hydrogen-bond donors (Lipinski definition) is 0. The number of nitrogens with zero attached hydrogens (tertiary/aromatic N) is 5. The molecule has 1 aliphatic heterocycles. The summed E-state index contributed by atoms with van der Waals surface area (Å²) in [5.41, 5.74) is 0.817. The van der Waals surface area contributed by atoms with Gasteiger partial charge < -0.3 is 14.5 Å². The zero-order valence-electron chi connectivity index (χ0n) is 16.8. The minimum atomic E-state index is -3.53. The second kappa shape index (κ2) is 8.32. The van der Waals surface area contributed by atoms with Crippen LogP contribution in [0.4, 0.5) is 11.6 Å². The fourth-order valence-corrected chi connectivity index (χ4v) is 4.64. The maximum Gasteiger partial charge on any atom is 0.243 e. The fraction of sp³-hybridized carbons (Fsp3) is 0.474. The number of sulfonamides is 1. The van der Waals surface area contributed by atoms with Crippen LogP contribution in [0.5, 0.6) is 5.75 Å². The second-order valence-corrected chi connectivity index (χ2v) is 8.83. The molecule has 9 heteroatoms. The van der Waals surface area contributed by atoms with Crippen LogP contribution in [-0.2, 0) is 10.0 Å². The van der Waals surface area contributed by atoms with Crippen LogP contribution >= 0.6 is 0 Å². The molecule has 2 heterocycles. The summed E-state index contributed by atoms with van der Waals surface area (Å²) in [4.78, 5) is 4.25. The number of aromatic nitrogens is 2. The van der Waals surface area contributed by atoms with Crippen molar-refractivity contribution < 1.29 is 13.2 Å². The van der Waals surface area contributed by atoms with Gasteiger partial charge in [0.1, 0.15) is 5.75 Å². The van der Waals surface area contributed by atoms with Crippen molar-refractivity contribution in [2.75, 3.05) is 56.7 Å². The molecule has 0 bridgehead atoms. The Morgan fingerprint density at radius 3 is 2.32 bits per heavy atom. The zero-order valence-corrected chi connectivity index (χ0v) is 17.6. The van der Waals surface area contributed by atoms with Crippen molar-refractivity contribution in [1.29, 1.82) is 0 Å². The highest BCUT2D eigenvalue weighted by atomic mass is 32.2. The highest BCUT2D eigenvalue weighted by Crippen LogP contribution is 2.25. The van der Waals surface area contributed by atoms with Gasteiger partial charge >= 0.3 is 0 Å². The van der Waals surface area contributed by atoms with Gasteiger partial charge in [-0.2, -0.15) is 4.31 Å². The Balaban J connectivity index is 1.69. The standard InChI is InChI=1S/C19H27N5O3S/c1-5-27-17-7-6-16(14-15(17)2)28(25,26)24-12-10-23(11-13-24)19-9-8-18(20-21-19)22(3)4/h6-9,14H,5,10-13H2,1-4H3. The van der Waals surface area contributed by atoms with E-state index in [2.05, 4.69) is 15.1 Å². The Bertz CT molecular complexity index is 908. The normalized spacial score (nSPS) is 15.5. The summed E-state index contributed by atoms with van der Waals surface area (Å²) in [5.74, 6) is 2.27. The van der Waals surface area contributed by atoms with Crippen LogP contribution in [0.2, 0.25) is 0 Å². The molecule has 0 aliphatic carbocycles. The summed E-state index contributed by atoms with van der Waals surface area (Å²) in [6.07, 6.45) is 0. The van der Waals surface area contributed by atoms with Crippen LogP contribution in [-0.4, -0.2) is 69.8 Å². The summed E-state index contributed by atoms with van der Waals surface area (Å²) in [6.45, 7) is 6.28. The second-order valence-electron chi connectivity index (χ2n) is 6.90. The lowest BCUT2D eigenvalue weighted by atomic mass is 10.2. The van der Waals surface area contributed by atoms with Crippen molar-refractivity contribution >= 4 is 21.7 Å². The molecule has 1 aromatic carbocycles. The van der Waals surface area contributed by atoms with E-state index < -0.39 is 10.0 Å². The molecule has 0 amide bonds. The van der Waals surface area contributed by atoms with Crippen LogP contribution in [0.15, 0.2) is 35.2 Å². The number of anilines is 2. The van der Waals surface area contributed by atoms with E-state index >= 15 is 0 Å². The van der Waals surface area contributed by atoms with E-state index in [1.54, 1.807) is 18.2 Å². The average Bonchev–Trinajstić information content (AvgIpc) is 2.70. The summed E-state index contributed by atoms with van der Waals surface area (Å²) in [5, 5.41) is 8.45. The van der Waals surface area contributed by atoms with Crippen molar-refractivity contribution in [3.05, 3.63) is 35.9 Å².